The van der Waals surface area contributed by atoms with Crippen LogP contribution >= 0.6 is 15.9 Å². The highest BCUT2D eigenvalue weighted by Crippen LogP contribution is 2.23. The lowest BCUT2D eigenvalue weighted by atomic mass is 10.1. The molecular formula is C17H22BrN3O3. The maximum absolute atomic E-state index is 12.1. The molecule has 1 fully saturated rings. The van der Waals surface area contributed by atoms with E-state index in [0.29, 0.717) is 6.42 Å². The summed E-state index contributed by atoms with van der Waals surface area (Å²) >= 11 is 3.47. The van der Waals surface area contributed by atoms with Crippen molar-refractivity contribution in [2.75, 3.05) is 6.54 Å². The van der Waals surface area contributed by atoms with Crippen molar-refractivity contribution in [3.8, 4) is 0 Å². The van der Waals surface area contributed by atoms with E-state index in [0.717, 1.165) is 10.0 Å². The van der Waals surface area contributed by atoms with E-state index in [9.17, 15) is 14.4 Å². The number of carbonyl (C=O) groups excluding carboxylic acids is 3. The number of amides is 4. The molecule has 1 atom stereocenters. The zero-order valence-corrected chi connectivity index (χ0v) is 15.6. The number of imide groups is 1. The van der Waals surface area contributed by atoms with Gasteiger partial charge in [-0.3, -0.25) is 14.5 Å². The van der Waals surface area contributed by atoms with Gasteiger partial charge in [0.15, 0.2) is 0 Å². The van der Waals surface area contributed by atoms with Gasteiger partial charge < -0.3 is 10.6 Å². The fraction of sp³-hybridized carbons (Fsp3) is 0.471. The Labute approximate surface area is 150 Å². The molecular weight excluding hydrogens is 374 g/mol. The predicted octanol–water partition coefficient (Wildman–Crippen LogP) is 2.74. The van der Waals surface area contributed by atoms with Crippen LogP contribution in [0.2, 0.25) is 0 Å². The number of hydrogen-bond donors (Lipinski definition) is 2. The first-order valence-corrected chi connectivity index (χ1v) is 8.69. The van der Waals surface area contributed by atoms with Crippen molar-refractivity contribution in [2.24, 2.45) is 0 Å². The topological polar surface area (TPSA) is 78.5 Å². The summed E-state index contributed by atoms with van der Waals surface area (Å²) in [4.78, 5) is 37.1. The Morgan fingerprint density at radius 3 is 2.58 bits per heavy atom. The van der Waals surface area contributed by atoms with Gasteiger partial charge in [-0.05, 0) is 38.8 Å². The summed E-state index contributed by atoms with van der Waals surface area (Å²) in [6.07, 6.45) is 0.691. The summed E-state index contributed by atoms with van der Waals surface area (Å²) in [6.45, 7) is 5.49. The number of halogens is 1. The molecule has 1 aromatic rings. The summed E-state index contributed by atoms with van der Waals surface area (Å²) in [5.41, 5.74) is 0.134. The number of nitrogens with zero attached hydrogens (tertiary/aromatic N) is 1. The van der Waals surface area contributed by atoms with Gasteiger partial charge in [-0.25, -0.2) is 4.79 Å². The zero-order chi connectivity index (χ0) is 17.9. The molecule has 24 heavy (non-hydrogen) atoms. The Hall–Kier alpha value is -1.89. The van der Waals surface area contributed by atoms with Crippen molar-refractivity contribution < 1.29 is 14.4 Å². The van der Waals surface area contributed by atoms with Crippen molar-refractivity contribution in [3.05, 3.63) is 34.3 Å². The molecule has 130 valence electrons. The number of rotatable bonds is 6. The third kappa shape index (κ3) is 4.14. The molecule has 0 saturated carbocycles. The van der Waals surface area contributed by atoms with Crippen LogP contribution in [0.3, 0.4) is 0 Å². The lowest BCUT2D eigenvalue weighted by Crippen LogP contribution is -2.40. The third-order valence-electron chi connectivity index (χ3n) is 3.98. The molecule has 7 heteroatoms. The number of urea groups is 1. The van der Waals surface area contributed by atoms with Gasteiger partial charge in [0, 0.05) is 17.4 Å². The van der Waals surface area contributed by atoms with Crippen molar-refractivity contribution in [1.29, 1.82) is 0 Å². The lowest BCUT2D eigenvalue weighted by Gasteiger charge is -2.17. The first-order valence-electron chi connectivity index (χ1n) is 7.90. The molecule has 1 saturated heterocycles. The second-order valence-corrected chi connectivity index (χ2v) is 7.28. The molecule has 0 bridgehead atoms. The Balaban J connectivity index is 1.81. The van der Waals surface area contributed by atoms with Gasteiger partial charge >= 0.3 is 6.03 Å². The first-order chi connectivity index (χ1) is 11.2. The van der Waals surface area contributed by atoms with Gasteiger partial charge in [0.25, 0.3) is 5.91 Å². The fourth-order valence-electron chi connectivity index (χ4n) is 2.64. The van der Waals surface area contributed by atoms with E-state index in [1.165, 1.54) is 4.90 Å². The number of carbonyl (C=O) groups is 3. The molecule has 4 amide bonds. The van der Waals surface area contributed by atoms with E-state index >= 15 is 0 Å². The van der Waals surface area contributed by atoms with Crippen LogP contribution in [-0.2, 0) is 9.59 Å². The van der Waals surface area contributed by atoms with Gasteiger partial charge in [0.05, 0.1) is 6.04 Å². The number of benzene rings is 1. The molecule has 0 aromatic heterocycles. The Kier molecular flexibility index (Phi) is 5.64. The maximum Gasteiger partial charge on any atom is 0.325 e. The second kappa shape index (κ2) is 7.34. The van der Waals surface area contributed by atoms with Crippen LogP contribution in [0, 0.1) is 0 Å². The monoisotopic (exact) mass is 395 g/mol. The number of nitrogens with one attached hydrogen (secondary N) is 2. The lowest BCUT2D eigenvalue weighted by molar-refractivity contribution is -0.130. The summed E-state index contributed by atoms with van der Waals surface area (Å²) in [6, 6.07) is 7.20. The van der Waals surface area contributed by atoms with E-state index in [1.54, 1.807) is 13.8 Å². The highest BCUT2D eigenvalue weighted by Gasteiger charge is 2.43. The van der Waals surface area contributed by atoms with Crippen LogP contribution in [-0.4, -0.2) is 34.8 Å². The SMILES string of the molecule is CC(NC(=O)CCCN1C(=O)NC(C)(C)C1=O)c1ccccc1Br. The average Bonchev–Trinajstić information content (AvgIpc) is 2.69. The minimum Gasteiger partial charge on any atom is -0.350 e. The molecule has 2 N–H and O–H groups in total. The van der Waals surface area contributed by atoms with Crippen LogP contribution in [0.4, 0.5) is 4.79 Å². The Bertz CT molecular complexity index is 660. The highest BCUT2D eigenvalue weighted by atomic mass is 79.9. The van der Waals surface area contributed by atoms with Crippen LogP contribution in [0.5, 0.6) is 0 Å². The molecule has 1 unspecified atom stereocenters. The summed E-state index contributed by atoms with van der Waals surface area (Å²) in [7, 11) is 0. The molecule has 2 rings (SSSR count). The van der Waals surface area contributed by atoms with E-state index in [1.807, 2.05) is 31.2 Å². The first kappa shape index (κ1) is 18.4. The smallest absolute Gasteiger partial charge is 0.325 e. The second-order valence-electron chi connectivity index (χ2n) is 6.43. The van der Waals surface area contributed by atoms with Crippen LogP contribution in [0.25, 0.3) is 0 Å². The number of hydrogen-bond acceptors (Lipinski definition) is 3. The quantitative estimate of drug-likeness (QED) is 0.726. The summed E-state index contributed by atoms with van der Waals surface area (Å²) < 4.78 is 0.944. The van der Waals surface area contributed by atoms with Crippen LogP contribution < -0.4 is 10.6 Å². The average molecular weight is 396 g/mol. The molecule has 0 radical (unpaired) electrons. The van der Waals surface area contributed by atoms with Gasteiger partial charge in [0.2, 0.25) is 5.91 Å². The largest absolute Gasteiger partial charge is 0.350 e. The van der Waals surface area contributed by atoms with Crippen molar-refractivity contribution in [2.45, 2.75) is 45.2 Å². The Morgan fingerprint density at radius 2 is 2.00 bits per heavy atom. The molecule has 1 heterocycles. The standard InChI is InChI=1S/C17H22BrN3O3/c1-11(12-7-4-5-8-13(12)18)19-14(22)9-6-10-21-15(23)17(2,3)20-16(21)24/h4-5,7-8,11H,6,9-10H2,1-3H3,(H,19,22)(H,20,24). The molecule has 1 aromatic carbocycles. The normalized spacial score (nSPS) is 17.6. The molecule has 0 aliphatic carbocycles. The minimum absolute atomic E-state index is 0.107. The van der Waals surface area contributed by atoms with E-state index < -0.39 is 11.6 Å². The molecule has 0 spiro atoms. The van der Waals surface area contributed by atoms with Gasteiger partial charge in [-0.2, -0.15) is 0 Å². The molecule has 1 aliphatic rings. The van der Waals surface area contributed by atoms with E-state index in [2.05, 4.69) is 26.6 Å². The maximum atomic E-state index is 12.1. The van der Waals surface area contributed by atoms with Crippen LogP contribution in [0.1, 0.15) is 45.2 Å². The zero-order valence-electron chi connectivity index (χ0n) is 14.1. The van der Waals surface area contributed by atoms with Crippen LogP contribution in [0.15, 0.2) is 28.7 Å². The highest BCUT2D eigenvalue weighted by molar-refractivity contribution is 9.10. The minimum atomic E-state index is -0.868. The Morgan fingerprint density at radius 1 is 1.33 bits per heavy atom. The van der Waals surface area contributed by atoms with E-state index in [-0.39, 0.29) is 30.8 Å². The third-order valence-corrected chi connectivity index (χ3v) is 4.70. The van der Waals surface area contributed by atoms with Crippen molar-refractivity contribution in [3.63, 3.8) is 0 Å². The molecule has 6 nitrogen and oxygen atoms in total. The van der Waals surface area contributed by atoms with Crippen molar-refractivity contribution in [1.82, 2.24) is 15.5 Å². The molecule has 1 aliphatic heterocycles. The van der Waals surface area contributed by atoms with Gasteiger partial charge in [0.1, 0.15) is 5.54 Å². The van der Waals surface area contributed by atoms with Gasteiger partial charge in [-0.1, -0.05) is 34.1 Å². The summed E-state index contributed by atoms with van der Waals surface area (Å²) in [5.74, 6) is -0.362. The fourth-order valence-corrected chi connectivity index (χ4v) is 3.26. The summed E-state index contributed by atoms with van der Waals surface area (Å²) in [5, 5.41) is 5.55. The van der Waals surface area contributed by atoms with Crippen molar-refractivity contribution >= 4 is 33.8 Å². The predicted molar refractivity (Wildman–Crippen MR) is 94.3 cm³/mol. The van der Waals surface area contributed by atoms with Gasteiger partial charge in [-0.15, -0.1) is 0 Å². The van der Waals surface area contributed by atoms with E-state index in [4.69, 9.17) is 0 Å².